The average Bonchev–Trinajstić information content (AvgIpc) is 2.54. The van der Waals surface area contributed by atoms with Crippen molar-refractivity contribution in [2.75, 3.05) is 11.9 Å². The smallest absolute Gasteiger partial charge is 0.341 e. The monoisotopic (exact) mass is 349 g/mol. The third-order valence-electron chi connectivity index (χ3n) is 3.01. The van der Waals surface area contributed by atoms with Crippen molar-refractivity contribution in [3.63, 3.8) is 0 Å². The fourth-order valence-corrected chi connectivity index (χ4v) is 2.06. The molecule has 0 saturated carbocycles. The fraction of sp³-hybridized carbons (Fsp3) is 0.118. The second-order valence-electron chi connectivity index (χ2n) is 4.88. The number of nitrogens with one attached hydrogen (secondary N) is 1. The van der Waals surface area contributed by atoms with Crippen molar-refractivity contribution in [3.8, 4) is 0 Å². The van der Waals surface area contributed by atoms with E-state index in [4.69, 9.17) is 16.3 Å². The summed E-state index contributed by atoms with van der Waals surface area (Å²) in [5.74, 6) is -2.44. The highest BCUT2D eigenvalue weighted by molar-refractivity contribution is 6.30. The predicted molar refractivity (Wildman–Crippen MR) is 86.8 cm³/mol. The molecular weight excluding hydrogens is 337 g/mol. The van der Waals surface area contributed by atoms with Gasteiger partial charge in [-0.2, -0.15) is 0 Å². The molecule has 0 saturated heterocycles. The number of hydrogen-bond acceptors (Lipinski definition) is 4. The topological polar surface area (TPSA) is 72.5 Å². The summed E-state index contributed by atoms with van der Waals surface area (Å²) in [5, 5.41) is 2.75. The molecule has 1 N–H and O–H groups in total. The lowest BCUT2D eigenvalue weighted by atomic mass is 10.1. The van der Waals surface area contributed by atoms with Gasteiger partial charge in [0.2, 0.25) is 5.91 Å². The molecule has 0 unspecified atom stereocenters. The van der Waals surface area contributed by atoms with Gasteiger partial charge in [0.15, 0.2) is 12.4 Å². The molecular formula is C17H13ClFNO4. The number of esters is 1. The van der Waals surface area contributed by atoms with E-state index in [9.17, 15) is 18.8 Å². The molecule has 0 spiro atoms. The summed E-state index contributed by atoms with van der Waals surface area (Å²) in [6, 6.07) is 9.55. The fourth-order valence-electron chi connectivity index (χ4n) is 1.89. The Kier molecular flexibility index (Phi) is 5.65. The molecule has 0 bridgehead atoms. The van der Waals surface area contributed by atoms with Crippen LogP contribution >= 0.6 is 11.6 Å². The number of Topliss-reactive ketones (excluding diaryl/α,β-unsaturated/α-hetero) is 1. The van der Waals surface area contributed by atoms with Gasteiger partial charge in [0.1, 0.15) is 5.82 Å². The molecule has 0 aliphatic rings. The summed E-state index contributed by atoms with van der Waals surface area (Å²) < 4.78 is 18.4. The Balaban J connectivity index is 1.98. The Morgan fingerprint density at radius 3 is 2.42 bits per heavy atom. The maximum Gasteiger partial charge on any atom is 0.341 e. The Labute approximate surface area is 142 Å². The Bertz CT molecular complexity index is 790. The van der Waals surface area contributed by atoms with E-state index in [1.54, 1.807) is 12.1 Å². The van der Waals surface area contributed by atoms with Gasteiger partial charge >= 0.3 is 5.97 Å². The van der Waals surface area contributed by atoms with E-state index < -0.39 is 24.2 Å². The first-order valence-electron chi connectivity index (χ1n) is 6.90. The van der Waals surface area contributed by atoms with Crippen LogP contribution in [-0.2, 0) is 9.53 Å². The number of ether oxygens (including phenoxy) is 1. The highest BCUT2D eigenvalue weighted by atomic mass is 35.5. The zero-order valence-electron chi connectivity index (χ0n) is 12.6. The maximum atomic E-state index is 13.5. The molecule has 0 heterocycles. The largest absolute Gasteiger partial charge is 0.454 e. The summed E-state index contributed by atoms with van der Waals surface area (Å²) in [6.45, 7) is 0.831. The minimum Gasteiger partial charge on any atom is -0.454 e. The van der Waals surface area contributed by atoms with Crippen LogP contribution in [0, 0.1) is 5.82 Å². The van der Waals surface area contributed by atoms with Crippen molar-refractivity contribution in [3.05, 3.63) is 64.4 Å². The summed E-state index contributed by atoms with van der Waals surface area (Å²) in [5.41, 5.74) is 0.497. The number of amides is 1. The van der Waals surface area contributed by atoms with Gasteiger partial charge in [-0.1, -0.05) is 11.6 Å². The highest BCUT2D eigenvalue weighted by Gasteiger charge is 2.16. The van der Waals surface area contributed by atoms with E-state index in [0.29, 0.717) is 11.3 Å². The highest BCUT2D eigenvalue weighted by Crippen LogP contribution is 2.16. The minimum absolute atomic E-state index is 0.184. The van der Waals surface area contributed by atoms with Crippen LogP contribution in [0.3, 0.4) is 0 Å². The van der Waals surface area contributed by atoms with Crippen molar-refractivity contribution in [2.45, 2.75) is 6.92 Å². The number of halogens is 2. The van der Waals surface area contributed by atoms with Crippen molar-refractivity contribution in [2.24, 2.45) is 0 Å². The third-order valence-corrected chi connectivity index (χ3v) is 3.25. The van der Waals surface area contributed by atoms with Gasteiger partial charge in [0.25, 0.3) is 0 Å². The van der Waals surface area contributed by atoms with Crippen molar-refractivity contribution < 1.29 is 23.5 Å². The van der Waals surface area contributed by atoms with E-state index in [1.807, 2.05) is 0 Å². The van der Waals surface area contributed by atoms with Crippen LogP contribution in [-0.4, -0.2) is 24.3 Å². The normalized spacial score (nSPS) is 10.1. The second-order valence-corrected chi connectivity index (χ2v) is 5.32. The van der Waals surface area contributed by atoms with E-state index in [0.717, 1.165) is 12.1 Å². The van der Waals surface area contributed by atoms with E-state index in [2.05, 4.69) is 5.32 Å². The quantitative estimate of drug-likeness (QED) is 0.662. The van der Waals surface area contributed by atoms with Crippen LogP contribution in [0.2, 0.25) is 5.02 Å². The lowest BCUT2D eigenvalue weighted by Gasteiger charge is -2.07. The van der Waals surface area contributed by atoms with Gasteiger partial charge in [0.05, 0.1) is 5.56 Å². The number of ketones is 1. The molecule has 1 amide bonds. The van der Waals surface area contributed by atoms with Gasteiger partial charge in [-0.05, 0) is 42.5 Å². The van der Waals surface area contributed by atoms with Crippen LogP contribution in [0.4, 0.5) is 10.1 Å². The number of hydrogen-bond donors (Lipinski definition) is 1. The Morgan fingerprint density at radius 1 is 1.12 bits per heavy atom. The minimum atomic E-state index is -0.974. The first-order valence-corrected chi connectivity index (χ1v) is 7.27. The molecule has 0 atom stereocenters. The molecule has 5 nitrogen and oxygen atoms in total. The number of benzene rings is 2. The van der Waals surface area contributed by atoms with E-state index in [1.165, 1.54) is 25.1 Å². The van der Waals surface area contributed by atoms with Crippen molar-refractivity contribution >= 4 is 34.9 Å². The van der Waals surface area contributed by atoms with Crippen LogP contribution in [0.1, 0.15) is 27.6 Å². The SMILES string of the molecule is CC(=O)Nc1ccc(C(=O)COC(=O)c2cc(Cl)ccc2F)cc1. The second kappa shape index (κ2) is 7.70. The van der Waals surface area contributed by atoms with Crippen molar-refractivity contribution in [1.82, 2.24) is 0 Å². The van der Waals surface area contributed by atoms with Crippen LogP contribution < -0.4 is 5.32 Å². The zero-order valence-corrected chi connectivity index (χ0v) is 13.4. The summed E-state index contributed by atoms with van der Waals surface area (Å²) in [6.07, 6.45) is 0. The maximum absolute atomic E-state index is 13.5. The molecule has 124 valence electrons. The van der Waals surface area contributed by atoms with E-state index in [-0.39, 0.29) is 16.5 Å². The first-order chi connectivity index (χ1) is 11.4. The molecule has 7 heteroatoms. The van der Waals surface area contributed by atoms with Crippen LogP contribution in [0.25, 0.3) is 0 Å². The molecule has 0 aromatic heterocycles. The Hall–Kier alpha value is -2.73. The van der Waals surface area contributed by atoms with Crippen molar-refractivity contribution in [1.29, 1.82) is 0 Å². The molecule has 0 aliphatic carbocycles. The predicted octanol–water partition coefficient (Wildman–Crippen LogP) is 3.48. The van der Waals surface area contributed by atoms with Gasteiger partial charge in [-0.3, -0.25) is 9.59 Å². The molecule has 0 radical (unpaired) electrons. The molecule has 2 aromatic carbocycles. The lowest BCUT2D eigenvalue weighted by molar-refractivity contribution is -0.114. The standard InChI is InChI=1S/C17H13ClFNO4/c1-10(21)20-13-5-2-11(3-6-13)16(22)9-24-17(23)14-8-12(18)4-7-15(14)19/h2-8H,9H2,1H3,(H,20,21). The summed E-state index contributed by atoms with van der Waals surface area (Å²) in [4.78, 5) is 34.7. The van der Waals surface area contributed by atoms with Gasteiger partial charge in [0, 0.05) is 23.2 Å². The number of anilines is 1. The average molecular weight is 350 g/mol. The van der Waals surface area contributed by atoms with Gasteiger partial charge in [-0.25, -0.2) is 9.18 Å². The van der Waals surface area contributed by atoms with Crippen LogP contribution in [0.5, 0.6) is 0 Å². The van der Waals surface area contributed by atoms with Gasteiger partial charge < -0.3 is 10.1 Å². The number of carbonyl (C=O) groups excluding carboxylic acids is 3. The summed E-state index contributed by atoms with van der Waals surface area (Å²) >= 11 is 5.70. The van der Waals surface area contributed by atoms with E-state index >= 15 is 0 Å². The summed E-state index contributed by atoms with van der Waals surface area (Å²) in [7, 11) is 0. The first kappa shape index (κ1) is 17.6. The number of carbonyl (C=O) groups is 3. The molecule has 0 fully saturated rings. The molecule has 2 aromatic rings. The molecule has 2 rings (SSSR count). The van der Waals surface area contributed by atoms with Crippen LogP contribution in [0.15, 0.2) is 42.5 Å². The Morgan fingerprint density at radius 2 is 1.79 bits per heavy atom. The zero-order chi connectivity index (χ0) is 17.7. The molecule has 0 aliphatic heterocycles. The number of rotatable bonds is 5. The third kappa shape index (κ3) is 4.63. The van der Waals surface area contributed by atoms with Gasteiger partial charge in [-0.15, -0.1) is 0 Å². The lowest BCUT2D eigenvalue weighted by Crippen LogP contribution is -2.15. The molecule has 24 heavy (non-hydrogen) atoms.